The van der Waals surface area contributed by atoms with Crippen LogP contribution in [0, 0.1) is 0 Å². The van der Waals surface area contributed by atoms with Gasteiger partial charge in [0.2, 0.25) is 0 Å². The average Bonchev–Trinajstić information content (AvgIpc) is 3.27. The van der Waals surface area contributed by atoms with E-state index in [2.05, 4.69) is 27.7 Å². The summed E-state index contributed by atoms with van der Waals surface area (Å²) in [6.45, 7) is 10.0. The van der Waals surface area contributed by atoms with Gasteiger partial charge in [-0.15, -0.1) is 0 Å². The Bertz CT molecular complexity index is 1040. The van der Waals surface area contributed by atoms with Crippen molar-refractivity contribution in [2.75, 3.05) is 27.4 Å². The standard InChI is InChI=1S/C52H98O10/c1-7-11-13-15-19-27-35-45(59-43-9-3)48(38-30-22-18-24-32-40-50(54)58-6)62-52(56)42-34-26-25-33-41-51(55)61-47(37-29-20-16-14-12-8-2)46(60-44-10-4)36-28-21-17-23-31-39-49(53)57-5/h45-48H,7-44H2,1-6H3. The van der Waals surface area contributed by atoms with Crippen molar-refractivity contribution in [3.05, 3.63) is 0 Å². The largest absolute Gasteiger partial charge is 0.469 e. The summed E-state index contributed by atoms with van der Waals surface area (Å²) in [5.41, 5.74) is 0. The Kier molecular flexibility index (Phi) is 43.8. The second-order valence-corrected chi connectivity index (χ2v) is 17.7. The number of carbonyl (C=O) groups is 4. The molecule has 0 aliphatic carbocycles. The summed E-state index contributed by atoms with van der Waals surface area (Å²) in [5.74, 6) is -0.605. The van der Waals surface area contributed by atoms with Crippen molar-refractivity contribution >= 4 is 23.9 Å². The summed E-state index contributed by atoms with van der Waals surface area (Å²) in [6, 6.07) is 0. The van der Waals surface area contributed by atoms with Gasteiger partial charge in [0, 0.05) is 38.9 Å². The summed E-state index contributed by atoms with van der Waals surface area (Å²) >= 11 is 0. The van der Waals surface area contributed by atoms with Crippen molar-refractivity contribution < 1.29 is 47.6 Å². The Balaban J connectivity index is 5.13. The lowest BCUT2D eigenvalue weighted by Gasteiger charge is -2.28. The second kappa shape index (κ2) is 45.4. The van der Waals surface area contributed by atoms with E-state index in [0.717, 1.165) is 148 Å². The zero-order valence-corrected chi connectivity index (χ0v) is 41.3. The molecule has 0 aliphatic rings. The van der Waals surface area contributed by atoms with E-state index >= 15 is 0 Å². The molecule has 0 bridgehead atoms. The van der Waals surface area contributed by atoms with Crippen molar-refractivity contribution in [3.63, 3.8) is 0 Å². The molecule has 4 atom stereocenters. The van der Waals surface area contributed by atoms with Gasteiger partial charge in [0.25, 0.3) is 0 Å². The van der Waals surface area contributed by atoms with Gasteiger partial charge in [-0.1, -0.05) is 156 Å². The molecule has 0 radical (unpaired) electrons. The highest BCUT2D eigenvalue weighted by Crippen LogP contribution is 2.24. The molecule has 10 heteroatoms. The maximum Gasteiger partial charge on any atom is 0.306 e. The molecule has 0 amide bonds. The highest BCUT2D eigenvalue weighted by Gasteiger charge is 2.27. The topological polar surface area (TPSA) is 124 Å². The summed E-state index contributed by atoms with van der Waals surface area (Å²) in [6.07, 6.45) is 33.6. The number of hydrogen-bond acceptors (Lipinski definition) is 10. The number of rotatable bonds is 47. The van der Waals surface area contributed by atoms with Crippen LogP contribution in [0.4, 0.5) is 0 Å². The van der Waals surface area contributed by atoms with Crippen LogP contribution >= 0.6 is 0 Å². The van der Waals surface area contributed by atoms with E-state index < -0.39 is 0 Å². The van der Waals surface area contributed by atoms with Crippen LogP contribution in [0.2, 0.25) is 0 Å². The smallest absolute Gasteiger partial charge is 0.306 e. The van der Waals surface area contributed by atoms with E-state index in [9.17, 15) is 19.2 Å². The predicted octanol–water partition coefficient (Wildman–Crippen LogP) is 14.0. The maximum absolute atomic E-state index is 13.3. The first kappa shape index (κ1) is 59.8. The molecule has 0 spiro atoms. The van der Waals surface area contributed by atoms with E-state index in [0.29, 0.717) is 38.9 Å². The maximum atomic E-state index is 13.3. The average molecular weight is 883 g/mol. The zero-order valence-electron chi connectivity index (χ0n) is 41.3. The van der Waals surface area contributed by atoms with E-state index in [4.69, 9.17) is 28.4 Å². The minimum Gasteiger partial charge on any atom is -0.469 e. The van der Waals surface area contributed by atoms with Gasteiger partial charge in [0.1, 0.15) is 12.2 Å². The molecule has 0 saturated carbocycles. The molecule has 0 N–H and O–H groups in total. The van der Waals surface area contributed by atoms with Gasteiger partial charge >= 0.3 is 23.9 Å². The Labute approximate surface area is 381 Å². The minimum atomic E-state index is -0.248. The van der Waals surface area contributed by atoms with Crippen LogP contribution in [-0.4, -0.2) is 75.7 Å². The number of methoxy groups -OCH3 is 2. The molecule has 0 aliphatic heterocycles. The fourth-order valence-corrected chi connectivity index (χ4v) is 8.03. The zero-order chi connectivity index (χ0) is 45.7. The first-order valence-electron chi connectivity index (χ1n) is 26.0. The molecule has 0 aromatic carbocycles. The van der Waals surface area contributed by atoms with E-state index in [1.165, 1.54) is 72.0 Å². The Morgan fingerprint density at radius 3 is 0.855 bits per heavy atom. The summed E-state index contributed by atoms with van der Waals surface area (Å²) < 4.78 is 34.7. The molecule has 0 saturated heterocycles. The summed E-state index contributed by atoms with van der Waals surface area (Å²) in [5, 5.41) is 0. The van der Waals surface area contributed by atoms with Crippen molar-refractivity contribution in [1.29, 1.82) is 0 Å². The molecule has 0 rings (SSSR count). The number of hydrogen-bond donors (Lipinski definition) is 0. The van der Waals surface area contributed by atoms with Crippen LogP contribution in [0.1, 0.15) is 259 Å². The minimum absolute atomic E-state index is 0.0865. The third-order valence-electron chi connectivity index (χ3n) is 11.9. The van der Waals surface area contributed by atoms with E-state index in [1.807, 2.05) is 0 Å². The molecule has 366 valence electrons. The van der Waals surface area contributed by atoms with Gasteiger partial charge in [0.15, 0.2) is 0 Å². The van der Waals surface area contributed by atoms with Crippen LogP contribution < -0.4 is 0 Å². The van der Waals surface area contributed by atoms with Crippen LogP contribution in [0.15, 0.2) is 0 Å². The number of esters is 4. The first-order chi connectivity index (χ1) is 30.3. The Morgan fingerprint density at radius 2 is 0.565 bits per heavy atom. The van der Waals surface area contributed by atoms with Crippen molar-refractivity contribution in [3.8, 4) is 0 Å². The number of ether oxygens (including phenoxy) is 6. The Hall–Kier alpha value is -2.20. The highest BCUT2D eigenvalue weighted by molar-refractivity contribution is 5.70. The van der Waals surface area contributed by atoms with Gasteiger partial charge in [-0.25, -0.2) is 0 Å². The summed E-state index contributed by atoms with van der Waals surface area (Å²) in [4.78, 5) is 49.4. The fourth-order valence-electron chi connectivity index (χ4n) is 8.03. The number of carbonyl (C=O) groups excluding carboxylic acids is 4. The summed E-state index contributed by atoms with van der Waals surface area (Å²) in [7, 11) is 2.87. The molecule has 10 nitrogen and oxygen atoms in total. The number of unbranched alkanes of at least 4 members (excludes halogenated alkanes) is 21. The Morgan fingerprint density at radius 1 is 0.306 bits per heavy atom. The lowest BCUT2D eigenvalue weighted by Crippen LogP contribution is -2.34. The molecule has 4 unspecified atom stereocenters. The fraction of sp³-hybridized carbons (Fsp3) is 0.923. The lowest BCUT2D eigenvalue weighted by atomic mass is 9.99. The molecule has 0 aromatic heterocycles. The van der Waals surface area contributed by atoms with Gasteiger partial charge in [-0.05, 0) is 77.0 Å². The van der Waals surface area contributed by atoms with Gasteiger partial charge in [-0.2, -0.15) is 0 Å². The molecule has 0 fully saturated rings. The first-order valence-corrected chi connectivity index (χ1v) is 26.0. The predicted molar refractivity (Wildman–Crippen MR) is 252 cm³/mol. The van der Waals surface area contributed by atoms with Crippen LogP contribution in [-0.2, 0) is 47.6 Å². The van der Waals surface area contributed by atoms with Gasteiger partial charge in [0.05, 0.1) is 26.4 Å². The molecule has 0 aromatic rings. The van der Waals surface area contributed by atoms with Gasteiger partial charge < -0.3 is 28.4 Å². The van der Waals surface area contributed by atoms with Crippen molar-refractivity contribution in [1.82, 2.24) is 0 Å². The van der Waals surface area contributed by atoms with Crippen molar-refractivity contribution in [2.24, 2.45) is 0 Å². The molecule has 0 heterocycles. The normalized spacial score (nSPS) is 13.3. The van der Waals surface area contributed by atoms with Crippen LogP contribution in [0.3, 0.4) is 0 Å². The van der Waals surface area contributed by atoms with Crippen molar-refractivity contribution in [2.45, 2.75) is 283 Å². The van der Waals surface area contributed by atoms with E-state index in [1.54, 1.807) is 0 Å². The van der Waals surface area contributed by atoms with Crippen LogP contribution in [0.25, 0.3) is 0 Å². The lowest BCUT2D eigenvalue weighted by molar-refractivity contribution is -0.160. The third kappa shape index (κ3) is 37.2. The van der Waals surface area contributed by atoms with E-state index in [-0.39, 0.29) is 48.3 Å². The molecule has 62 heavy (non-hydrogen) atoms. The van der Waals surface area contributed by atoms with Gasteiger partial charge in [-0.3, -0.25) is 19.2 Å². The highest BCUT2D eigenvalue weighted by atomic mass is 16.6. The second-order valence-electron chi connectivity index (χ2n) is 17.7. The SMILES string of the molecule is CCCCCCCCC(OCCC)C(CCCCCCCC(=O)OC)OC(=O)CCCCCCC(=O)OC(CCCCCCCC)C(CCCCCCCC(=O)OC)OCCC. The third-order valence-corrected chi connectivity index (χ3v) is 11.9. The quantitative estimate of drug-likeness (QED) is 0.0331. The monoisotopic (exact) mass is 883 g/mol. The van der Waals surface area contributed by atoms with Crippen LogP contribution in [0.5, 0.6) is 0 Å². The molecular formula is C52H98O10. The molecular weight excluding hydrogens is 785 g/mol.